The third-order valence-electron chi connectivity index (χ3n) is 7.07. The van der Waals surface area contributed by atoms with Gasteiger partial charge >= 0.3 is 35.6 Å². The fourth-order valence-corrected chi connectivity index (χ4v) is 10.4. The van der Waals surface area contributed by atoms with Crippen LogP contribution in [0.1, 0.15) is 62.3 Å². The molecule has 4 unspecified atom stereocenters. The summed E-state index contributed by atoms with van der Waals surface area (Å²) in [6, 6.07) is 0. The number of halogens is 2. The van der Waals surface area contributed by atoms with Gasteiger partial charge in [-0.1, -0.05) is 126 Å². The van der Waals surface area contributed by atoms with Crippen LogP contribution in [0.25, 0.3) is 4.98 Å². The van der Waals surface area contributed by atoms with Crippen molar-refractivity contribution in [3.8, 4) is 0 Å². The molecule has 5 heteroatoms. The number of fused-ring (bicyclic) bond motifs is 3. The summed E-state index contributed by atoms with van der Waals surface area (Å²) in [7, 11) is 7.95. The molecule has 0 spiro atoms. The Hall–Kier alpha value is 0.431. The second-order valence-electron chi connectivity index (χ2n) is 13.3. The van der Waals surface area contributed by atoms with Crippen LogP contribution in [0.3, 0.4) is 0 Å². The van der Waals surface area contributed by atoms with Gasteiger partial charge in [-0.3, -0.25) is 0 Å². The van der Waals surface area contributed by atoms with Gasteiger partial charge in [0.05, 0.1) is 0 Å². The average Bonchev–Trinajstić information content (AvgIpc) is 2.92. The summed E-state index contributed by atoms with van der Waals surface area (Å²) in [5.74, 6) is 2.45. The quantitative estimate of drug-likeness (QED) is 0.316. The summed E-state index contributed by atoms with van der Waals surface area (Å²) in [5, 5.41) is 0. The van der Waals surface area contributed by atoms with Crippen molar-refractivity contribution in [3.05, 3.63) is 52.6 Å². The van der Waals surface area contributed by atoms with Gasteiger partial charge in [-0.15, -0.1) is 5.54 Å². The first kappa shape index (κ1) is 28.7. The average molecular weight is 530 g/mol. The molecule has 0 aliphatic heterocycles. The van der Waals surface area contributed by atoms with Crippen LogP contribution in [0.15, 0.2) is 47.6 Å². The van der Waals surface area contributed by atoms with Gasteiger partial charge in [0.15, 0.2) is 0 Å². The first-order chi connectivity index (χ1) is 14.4. The molecule has 0 saturated heterocycles. The molecule has 0 N–H and O–H groups in total. The third-order valence-corrected chi connectivity index (χ3v) is 10.7. The number of hydrogen-bond acceptors (Lipinski definition) is 0. The molecule has 1 fully saturated rings. The summed E-state index contributed by atoms with van der Waals surface area (Å²) >= 11 is -0.556. The first-order valence-electron chi connectivity index (χ1n) is 11.9. The Bertz CT molecular complexity index is 738. The van der Waals surface area contributed by atoms with Crippen LogP contribution >= 0.6 is 18.6 Å². The monoisotopic (exact) mass is 528 g/mol. The molecule has 0 radical (unpaired) electrons. The van der Waals surface area contributed by atoms with E-state index in [1.807, 2.05) is 0 Å². The second kappa shape index (κ2) is 10.2. The van der Waals surface area contributed by atoms with Gasteiger partial charge in [0, 0.05) is 0 Å². The molecule has 0 heterocycles. The number of allylic oxidation sites excluding steroid dienone is 8. The Morgan fingerprint density at radius 1 is 0.719 bits per heavy atom. The van der Waals surface area contributed by atoms with E-state index in [9.17, 15) is 0 Å². The Morgan fingerprint density at radius 3 is 1.34 bits per heavy atom. The molecule has 3 rings (SSSR count). The van der Waals surface area contributed by atoms with E-state index in [0.717, 1.165) is 0 Å². The van der Waals surface area contributed by atoms with Gasteiger partial charge in [0.2, 0.25) is 0 Å². The summed E-state index contributed by atoms with van der Waals surface area (Å²) in [6.07, 6.45) is 15.2. The number of nitrogens with zero attached hydrogens (tertiary/aromatic N) is 1. The minimum atomic E-state index is -1.83. The molecular formula is C27H44Cl2NSiTi-. The molecule has 3 aliphatic carbocycles. The topological polar surface area (TPSA) is 14.1 Å². The summed E-state index contributed by atoms with van der Waals surface area (Å²) in [5.41, 5.74) is 4.11. The van der Waals surface area contributed by atoms with Crippen LogP contribution in [0, 0.1) is 34.5 Å². The molecule has 1 nitrogen and oxygen atoms in total. The van der Waals surface area contributed by atoms with Crippen LogP contribution in [-0.2, 0) is 17.0 Å². The van der Waals surface area contributed by atoms with Crippen LogP contribution in [-0.4, -0.2) is 13.8 Å². The van der Waals surface area contributed by atoms with Gasteiger partial charge < -0.3 is 4.98 Å². The zero-order valence-electron chi connectivity index (χ0n) is 22.1. The van der Waals surface area contributed by atoms with E-state index in [2.05, 4.69) is 112 Å². The fraction of sp³-hybridized carbons (Fsp3) is 0.704. The van der Waals surface area contributed by atoms with E-state index < -0.39 is 25.3 Å². The molecule has 0 aromatic carbocycles. The van der Waals surface area contributed by atoms with Crippen molar-refractivity contribution >= 4 is 26.8 Å². The maximum absolute atomic E-state index is 5.51. The standard InChI is InChI=1S/C27H44NSi.2ClH.Ti/c1-25(2,3)18-12-14-20-21-15-13-19(26(4,5)6)17-23(21)24(22(20)16-18)29(10,11)28-27(7,8)9;;;/h12-17,20-24H,1-11H3;2*1H;/q-1;;;+2/p-2. The van der Waals surface area contributed by atoms with E-state index in [4.69, 9.17) is 23.6 Å². The minimum absolute atomic E-state index is 0.0332. The van der Waals surface area contributed by atoms with Crippen LogP contribution in [0.4, 0.5) is 0 Å². The van der Waals surface area contributed by atoms with E-state index in [-0.39, 0.29) is 16.4 Å². The van der Waals surface area contributed by atoms with Crippen molar-refractivity contribution < 1.29 is 17.0 Å². The van der Waals surface area contributed by atoms with Crippen molar-refractivity contribution in [3.63, 3.8) is 0 Å². The Balaban J connectivity index is 0.00000114. The van der Waals surface area contributed by atoms with Gasteiger partial charge in [-0.2, -0.15) is 0 Å². The van der Waals surface area contributed by atoms with Crippen molar-refractivity contribution in [1.82, 2.24) is 0 Å². The normalized spacial score (nSPS) is 30.0. The van der Waals surface area contributed by atoms with Gasteiger partial charge in [-0.05, 0) is 45.6 Å². The van der Waals surface area contributed by atoms with Gasteiger partial charge in [-0.25, -0.2) is 0 Å². The molecule has 3 aliphatic rings. The molecule has 180 valence electrons. The van der Waals surface area contributed by atoms with E-state index in [1.165, 1.54) is 11.1 Å². The Morgan fingerprint density at radius 2 is 1.06 bits per heavy atom. The van der Waals surface area contributed by atoms with Crippen LogP contribution < -0.4 is 0 Å². The van der Waals surface area contributed by atoms with Crippen molar-refractivity contribution in [1.29, 1.82) is 0 Å². The third kappa shape index (κ3) is 6.76. The first-order valence-corrected chi connectivity index (χ1v) is 19.3. The molecule has 1 saturated carbocycles. The van der Waals surface area contributed by atoms with Crippen molar-refractivity contribution in [2.75, 3.05) is 0 Å². The zero-order chi connectivity index (χ0) is 24.7. The second-order valence-corrected chi connectivity index (χ2v) is 20.1. The molecule has 32 heavy (non-hydrogen) atoms. The van der Waals surface area contributed by atoms with E-state index in [1.54, 1.807) is 0 Å². The molecule has 4 atom stereocenters. The predicted octanol–water partition coefficient (Wildman–Crippen LogP) is 9.67. The Labute approximate surface area is 216 Å². The number of hydrogen-bond donors (Lipinski definition) is 0. The van der Waals surface area contributed by atoms with Crippen molar-refractivity contribution in [2.24, 2.45) is 34.5 Å². The van der Waals surface area contributed by atoms with E-state index in [0.29, 0.717) is 29.2 Å². The fourth-order valence-electron chi connectivity index (χ4n) is 6.03. The SMILES string of the molecule is CC(C)(C)[N-][Si](C)(C)C1C2C=C(C(C)(C)C)C=CC2C2C=CC(C(C)(C)C)=CC21.[Cl][Ti][Cl]. The van der Waals surface area contributed by atoms with Gasteiger partial charge in [0.1, 0.15) is 0 Å². The van der Waals surface area contributed by atoms with Crippen molar-refractivity contribution in [2.45, 2.75) is 86.5 Å². The van der Waals surface area contributed by atoms with Crippen LogP contribution in [0.2, 0.25) is 18.6 Å². The maximum atomic E-state index is 5.51. The predicted molar refractivity (Wildman–Crippen MR) is 143 cm³/mol. The number of rotatable bonds is 2. The van der Waals surface area contributed by atoms with E-state index >= 15 is 0 Å². The zero-order valence-corrected chi connectivity index (χ0v) is 26.1. The molecule has 0 bridgehead atoms. The summed E-state index contributed by atoms with van der Waals surface area (Å²) in [6.45, 7) is 26.0. The molecule has 0 aromatic rings. The molecular weight excluding hydrogens is 485 g/mol. The molecule has 0 aromatic heterocycles. The summed E-state index contributed by atoms with van der Waals surface area (Å²) in [4.78, 5) is 5.51. The van der Waals surface area contributed by atoms with Crippen LogP contribution in [0.5, 0.6) is 0 Å². The molecule has 0 amide bonds. The Kier molecular flexibility index (Phi) is 9.13. The summed E-state index contributed by atoms with van der Waals surface area (Å²) < 4.78 is 0. The van der Waals surface area contributed by atoms with Gasteiger partial charge in [0.25, 0.3) is 0 Å².